The molecule has 0 saturated carbocycles. The van der Waals surface area contributed by atoms with E-state index < -0.39 is 38.2 Å². The summed E-state index contributed by atoms with van der Waals surface area (Å²) in [6.45, 7) is 2.36. The number of aryl methyl sites for hydroxylation is 1. The first-order chi connectivity index (χ1) is 19.6. The molecule has 2 atom stereocenters. The Labute approximate surface area is 237 Å². The Bertz CT molecular complexity index is 1800. The van der Waals surface area contributed by atoms with Gasteiger partial charge in [-0.15, -0.1) is 0 Å². The molecule has 1 N–H and O–H groups in total. The molecule has 212 valence electrons. The largest absolute Gasteiger partial charge is 0.370 e. The van der Waals surface area contributed by atoms with Crippen LogP contribution in [0, 0.1) is 18.6 Å². The van der Waals surface area contributed by atoms with Gasteiger partial charge in [0.25, 0.3) is 0 Å². The van der Waals surface area contributed by atoms with Crippen molar-refractivity contribution < 1.29 is 22.3 Å². The molecular formula is C31H30F2N4O3S. The molecule has 10 heteroatoms. The Morgan fingerprint density at radius 2 is 1.88 bits per heavy atom. The van der Waals surface area contributed by atoms with E-state index in [1.807, 2.05) is 54.2 Å². The molecule has 41 heavy (non-hydrogen) atoms. The average Bonchev–Trinajstić information content (AvgIpc) is 3.55. The third-order valence-electron chi connectivity index (χ3n) is 8.14. The van der Waals surface area contributed by atoms with Crippen LogP contribution >= 0.6 is 0 Å². The van der Waals surface area contributed by atoms with E-state index in [2.05, 4.69) is 17.2 Å². The Morgan fingerprint density at radius 3 is 2.61 bits per heavy atom. The number of fused-ring (bicyclic) bond motifs is 1. The standard InChI is InChI=1S/C31H30F2N4O3S/c1-21-14-28-23(18-34-37(28)25-9-11-30(38)35(2)19-25)15-26(21)31(17-22-6-4-3-5-7-22)12-13-36(20-31)41(39,40)29-10-8-24(32)16-27(29)33/h3-11,14-16,18-19,30,38H,12-13,17,20H2,1-2H3. The molecule has 1 aromatic heterocycles. The van der Waals surface area contributed by atoms with Crippen LogP contribution in [0.5, 0.6) is 0 Å². The zero-order valence-corrected chi connectivity index (χ0v) is 23.5. The van der Waals surface area contributed by atoms with Crippen molar-refractivity contribution >= 4 is 26.6 Å². The second kappa shape index (κ2) is 10.2. The SMILES string of the molecule is Cc1cc2c(cnn2C2=CN(C)C(O)C=C2)cc1C1(Cc2ccccc2)CCN(S(=O)(=O)c2ccc(F)cc2F)C1. The average molecular weight is 577 g/mol. The topological polar surface area (TPSA) is 78.7 Å². The molecule has 0 bridgehead atoms. The minimum absolute atomic E-state index is 0.151. The van der Waals surface area contributed by atoms with E-state index >= 15 is 0 Å². The summed E-state index contributed by atoms with van der Waals surface area (Å²) in [5, 5.41) is 15.5. The first-order valence-electron chi connectivity index (χ1n) is 13.4. The third-order valence-corrected chi connectivity index (χ3v) is 10.0. The van der Waals surface area contributed by atoms with Crippen LogP contribution in [0.3, 0.4) is 0 Å². The molecule has 1 fully saturated rings. The highest BCUT2D eigenvalue weighted by atomic mass is 32.2. The number of hydrogen-bond acceptors (Lipinski definition) is 5. The Kier molecular flexibility index (Phi) is 6.80. The molecule has 0 aliphatic carbocycles. The molecule has 7 nitrogen and oxygen atoms in total. The molecule has 4 aromatic rings. The Hall–Kier alpha value is -3.86. The first kappa shape index (κ1) is 27.3. The van der Waals surface area contributed by atoms with Crippen LogP contribution in [0.15, 0.2) is 90.1 Å². The normalized spacial score (nSPS) is 21.5. The highest BCUT2D eigenvalue weighted by Crippen LogP contribution is 2.43. The number of sulfonamides is 1. The summed E-state index contributed by atoms with van der Waals surface area (Å²) >= 11 is 0. The molecule has 1 saturated heterocycles. The van der Waals surface area contributed by atoms with E-state index in [0.717, 1.165) is 45.4 Å². The van der Waals surface area contributed by atoms with Crippen molar-refractivity contribution in [2.75, 3.05) is 20.1 Å². The molecule has 6 rings (SSSR count). The lowest BCUT2D eigenvalue weighted by Gasteiger charge is -2.32. The number of aliphatic hydroxyl groups excluding tert-OH is 1. The van der Waals surface area contributed by atoms with Crippen LogP contribution in [0.1, 0.15) is 23.1 Å². The summed E-state index contributed by atoms with van der Waals surface area (Å²) < 4.78 is 58.5. The third kappa shape index (κ3) is 4.86. The zero-order valence-electron chi connectivity index (χ0n) is 22.7. The maximum absolute atomic E-state index is 14.6. The second-order valence-electron chi connectivity index (χ2n) is 10.9. The fourth-order valence-corrected chi connectivity index (χ4v) is 7.61. The maximum Gasteiger partial charge on any atom is 0.246 e. The monoisotopic (exact) mass is 576 g/mol. The molecule has 3 aromatic carbocycles. The van der Waals surface area contributed by atoms with E-state index in [1.54, 1.807) is 24.2 Å². The van der Waals surface area contributed by atoms with Gasteiger partial charge in [-0.1, -0.05) is 30.3 Å². The van der Waals surface area contributed by atoms with Crippen molar-refractivity contribution in [1.29, 1.82) is 0 Å². The van der Waals surface area contributed by atoms with E-state index in [0.29, 0.717) is 18.9 Å². The molecule has 2 aliphatic rings. The van der Waals surface area contributed by atoms with Crippen LogP contribution < -0.4 is 0 Å². The van der Waals surface area contributed by atoms with Gasteiger partial charge in [-0.25, -0.2) is 21.9 Å². The predicted molar refractivity (Wildman–Crippen MR) is 153 cm³/mol. The van der Waals surface area contributed by atoms with Gasteiger partial charge in [-0.3, -0.25) is 0 Å². The van der Waals surface area contributed by atoms with E-state index in [4.69, 9.17) is 0 Å². The van der Waals surface area contributed by atoms with Gasteiger partial charge < -0.3 is 10.0 Å². The van der Waals surface area contributed by atoms with Crippen molar-refractivity contribution in [2.24, 2.45) is 0 Å². The van der Waals surface area contributed by atoms with Gasteiger partial charge in [0, 0.05) is 43.2 Å². The van der Waals surface area contributed by atoms with Gasteiger partial charge in [0.05, 0.1) is 17.4 Å². The molecule has 0 radical (unpaired) electrons. The van der Waals surface area contributed by atoms with Crippen molar-refractivity contribution in [3.63, 3.8) is 0 Å². The molecule has 3 heterocycles. The molecular weight excluding hydrogens is 546 g/mol. The van der Waals surface area contributed by atoms with E-state index in [1.165, 1.54) is 4.31 Å². The number of aromatic nitrogens is 2. The summed E-state index contributed by atoms with van der Waals surface area (Å²) in [5.74, 6) is -1.92. The summed E-state index contributed by atoms with van der Waals surface area (Å²) in [7, 11) is -2.41. The maximum atomic E-state index is 14.6. The molecule has 0 spiro atoms. The minimum Gasteiger partial charge on any atom is -0.370 e. The molecule has 2 aliphatic heterocycles. The molecule has 0 amide bonds. The zero-order chi connectivity index (χ0) is 28.9. The molecule has 2 unspecified atom stereocenters. The van der Waals surface area contributed by atoms with Gasteiger partial charge in [0.1, 0.15) is 22.8 Å². The van der Waals surface area contributed by atoms with E-state index in [9.17, 15) is 22.3 Å². The quantitative estimate of drug-likeness (QED) is 0.356. The number of rotatable bonds is 6. The van der Waals surface area contributed by atoms with Gasteiger partial charge >= 0.3 is 0 Å². The summed E-state index contributed by atoms with van der Waals surface area (Å²) in [4.78, 5) is 1.17. The van der Waals surface area contributed by atoms with Crippen LogP contribution in [0.4, 0.5) is 8.78 Å². The Balaban J connectivity index is 1.43. The highest BCUT2D eigenvalue weighted by molar-refractivity contribution is 7.89. The number of likely N-dealkylation sites (N-methyl/N-ethyl adjacent to an activating group) is 1. The fraction of sp³-hybridized carbons (Fsp3) is 0.258. The summed E-state index contributed by atoms with van der Waals surface area (Å²) in [6.07, 6.45) is 7.54. The second-order valence-corrected chi connectivity index (χ2v) is 12.8. The van der Waals surface area contributed by atoms with Crippen molar-refractivity contribution in [2.45, 2.75) is 36.3 Å². The summed E-state index contributed by atoms with van der Waals surface area (Å²) in [6, 6.07) is 16.6. The Morgan fingerprint density at radius 1 is 1.10 bits per heavy atom. The smallest absolute Gasteiger partial charge is 0.246 e. The van der Waals surface area contributed by atoms with Crippen LogP contribution in [-0.2, 0) is 21.9 Å². The highest BCUT2D eigenvalue weighted by Gasteiger charge is 2.45. The van der Waals surface area contributed by atoms with Crippen molar-refractivity contribution in [1.82, 2.24) is 19.0 Å². The first-order valence-corrected chi connectivity index (χ1v) is 14.8. The lowest BCUT2D eigenvalue weighted by molar-refractivity contribution is 0.0975. The van der Waals surface area contributed by atoms with E-state index in [-0.39, 0.29) is 13.1 Å². The van der Waals surface area contributed by atoms with Crippen molar-refractivity contribution in [3.05, 3.63) is 114 Å². The number of allylic oxidation sites excluding steroid dienone is 2. The number of nitrogens with zero attached hydrogens (tertiary/aromatic N) is 4. The lowest BCUT2D eigenvalue weighted by atomic mass is 9.73. The number of halogens is 2. The lowest BCUT2D eigenvalue weighted by Crippen LogP contribution is -2.37. The number of hydrogen-bond donors (Lipinski definition) is 1. The van der Waals surface area contributed by atoms with Gasteiger partial charge in [-0.05, 0) is 72.9 Å². The fourth-order valence-electron chi connectivity index (χ4n) is 6.04. The van der Waals surface area contributed by atoms with Crippen molar-refractivity contribution in [3.8, 4) is 0 Å². The van der Waals surface area contributed by atoms with Gasteiger partial charge in [0.15, 0.2) is 0 Å². The minimum atomic E-state index is -4.20. The van der Waals surface area contributed by atoms with Gasteiger partial charge in [0.2, 0.25) is 10.0 Å². The number of benzene rings is 3. The number of aliphatic hydroxyl groups is 1. The van der Waals surface area contributed by atoms with Gasteiger partial charge in [-0.2, -0.15) is 9.40 Å². The summed E-state index contributed by atoms with van der Waals surface area (Å²) in [5.41, 5.74) is 4.16. The predicted octanol–water partition coefficient (Wildman–Crippen LogP) is 4.82. The van der Waals surface area contributed by atoms with Crippen LogP contribution in [0.2, 0.25) is 0 Å². The van der Waals surface area contributed by atoms with Crippen LogP contribution in [-0.4, -0.2) is 58.9 Å². The van der Waals surface area contributed by atoms with Crippen LogP contribution in [0.25, 0.3) is 16.6 Å².